The van der Waals surface area contributed by atoms with Gasteiger partial charge in [0.1, 0.15) is 0 Å². The zero-order valence-electron chi connectivity index (χ0n) is 11.6. The highest BCUT2D eigenvalue weighted by atomic mass is 35.5. The normalized spacial score (nSPS) is 20.0. The standard InChI is InChI=1S/C14H22ClN3OS/c15-11-7-13(20-10-11)9-18-6-2-1-3-12(18)8-17-14(19)4-5-16/h7,10,12H,1-6,8-9,16H2,(H,17,19). The van der Waals surface area contributed by atoms with Crippen LogP contribution in [0.1, 0.15) is 30.6 Å². The molecule has 0 radical (unpaired) electrons. The molecule has 1 aliphatic heterocycles. The SMILES string of the molecule is NCCC(=O)NCC1CCCCN1Cc1cc(Cl)cs1. The zero-order chi connectivity index (χ0) is 14.4. The molecule has 20 heavy (non-hydrogen) atoms. The van der Waals surface area contributed by atoms with Crippen LogP contribution in [0.5, 0.6) is 0 Å². The quantitative estimate of drug-likeness (QED) is 0.846. The monoisotopic (exact) mass is 315 g/mol. The Morgan fingerprint density at radius 2 is 2.40 bits per heavy atom. The van der Waals surface area contributed by atoms with Crippen LogP contribution < -0.4 is 11.1 Å². The van der Waals surface area contributed by atoms with Crippen molar-refractivity contribution in [1.82, 2.24) is 10.2 Å². The number of amides is 1. The van der Waals surface area contributed by atoms with Crippen LogP contribution in [0.2, 0.25) is 5.02 Å². The first-order valence-corrected chi connectivity index (χ1v) is 8.38. The molecule has 6 heteroatoms. The van der Waals surface area contributed by atoms with E-state index in [1.165, 1.54) is 17.7 Å². The van der Waals surface area contributed by atoms with Crippen molar-refractivity contribution in [3.05, 3.63) is 21.3 Å². The van der Waals surface area contributed by atoms with E-state index >= 15 is 0 Å². The fourth-order valence-corrected chi connectivity index (χ4v) is 3.68. The summed E-state index contributed by atoms with van der Waals surface area (Å²) in [6.45, 7) is 3.15. The minimum absolute atomic E-state index is 0.0530. The maximum Gasteiger partial charge on any atom is 0.221 e. The van der Waals surface area contributed by atoms with Gasteiger partial charge in [-0.05, 0) is 25.5 Å². The van der Waals surface area contributed by atoms with Crippen molar-refractivity contribution in [2.45, 2.75) is 38.3 Å². The second-order valence-corrected chi connectivity index (χ2v) is 6.63. The van der Waals surface area contributed by atoms with Gasteiger partial charge in [-0.15, -0.1) is 11.3 Å². The number of nitrogens with zero attached hydrogens (tertiary/aromatic N) is 1. The van der Waals surface area contributed by atoms with E-state index < -0.39 is 0 Å². The summed E-state index contributed by atoms with van der Waals surface area (Å²) in [6, 6.07) is 2.46. The summed E-state index contributed by atoms with van der Waals surface area (Å²) in [5, 5.41) is 5.78. The van der Waals surface area contributed by atoms with Gasteiger partial charge >= 0.3 is 0 Å². The van der Waals surface area contributed by atoms with Gasteiger partial charge in [-0.1, -0.05) is 18.0 Å². The molecule has 1 amide bonds. The van der Waals surface area contributed by atoms with Crippen LogP contribution in [0.25, 0.3) is 0 Å². The van der Waals surface area contributed by atoms with Gasteiger partial charge in [-0.25, -0.2) is 0 Å². The largest absolute Gasteiger partial charge is 0.354 e. The third-order valence-electron chi connectivity index (χ3n) is 3.64. The highest BCUT2D eigenvalue weighted by molar-refractivity contribution is 7.10. The van der Waals surface area contributed by atoms with E-state index in [4.69, 9.17) is 17.3 Å². The Bertz CT molecular complexity index is 438. The maximum absolute atomic E-state index is 11.5. The number of carbonyl (C=O) groups excluding carboxylic acids is 1. The third kappa shape index (κ3) is 4.74. The lowest BCUT2D eigenvalue weighted by atomic mass is 10.0. The number of likely N-dealkylation sites (tertiary alicyclic amines) is 1. The molecule has 4 nitrogen and oxygen atoms in total. The summed E-state index contributed by atoms with van der Waals surface area (Å²) in [6.07, 6.45) is 4.01. The van der Waals surface area contributed by atoms with Crippen molar-refractivity contribution in [2.24, 2.45) is 5.73 Å². The number of rotatable bonds is 6. The number of hydrogen-bond acceptors (Lipinski definition) is 4. The van der Waals surface area contributed by atoms with Crippen molar-refractivity contribution >= 4 is 28.8 Å². The van der Waals surface area contributed by atoms with E-state index in [1.54, 1.807) is 11.3 Å². The Labute approximate surface area is 129 Å². The number of halogens is 1. The molecule has 3 N–H and O–H groups in total. The van der Waals surface area contributed by atoms with Crippen LogP contribution in [0, 0.1) is 0 Å². The second-order valence-electron chi connectivity index (χ2n) is 5.19. The summed E-state index contributed by atoms with van der Waals surface area (Å²) in [5.41, 5.74) is 5.39. The number of thiophene rings is 1. The number of nitrogens with one attached hydrogen (secondary N) is 1. The molecule has 1 atom stereocenters. The summed E-state index contributed by atoms with van der Waals surface area (Å²) in [5.74, 6) is 0.0530. The van der Waals surface area contributed by atoms with Crippen LogP contribution >= 0.6 is 22.9 Å². The molecule has 1 saturated heterocycles. The van der Waals surface area contributed by atoms with Crippen molar-refractivity contribution < 1.29 is 4.79 Å². The van der Waals surface area contributed by atoms with Gasteiger partial charge in [-0.2, -0.15) is 0 Å². The molecule has 1 unspecified atom stereocenters. The van der Waals surface area contributed by atoms with Gasteiger partial charge in [0, 0.05) is 42.4 Å². The van der Waals surface area contributed by atoms with Gasteiger partial charge in [-0.3, -0.25) is 9.69 Å². The van der Waals surface area contributed by atoms with Gasteiger partial charge < -0.3 is 11.1 Å². The average molecular weight is 316 g/mol. The third-order valence-corrected chi connectivity index (χ3v) is 4.91. The highest BCUT2D eigenvalue weighted by Crippen LogP contribution is 2.24. The predicted molar refractivity (Wildman–Crippen MR) is 84.1 cm³/mol. The molecule has 2 heterocycles. The fraction of sp³-hybridized carbons (Fsp3) is 0.643. The number of piperidine rings is 1. The smallest absolute Gasteiger partial charge is 0.221 e. The number of hydrogen-bond donors (Lipinski definition) is 2. The van der Waals surface area contributed by atoms with Crippen molar-refractivity contribution in [2.75, 3.05) is 19.6 Å². The lowest BCUT2D eigenvalue weighted by Crippen LogP contribution is -2.46. The van der Waals surface area contributed by atoms with E-state index in [2.05, 4.69) is 10.2 Å². The van der Waals surface area contributed by atoms with Crippen LogP contribution in [-0.2, 0) is 11.3 Å². The highest BCUT2D eigenvalue weighted by Gasteiger charge is 2.23. The molecular weight excluding hydrogens is 294 g/mol. The minimum Gasteiger partial charge on any atom is -0.354 e. The van der Waals surface area contributed by atoms with E-state index in [0.29, 0.717) is 19.0 Å². The lowest BCUT2D eigenvalue weighted by Gasteiger charge is -2.35. The van der Waals surface area contributed by atoms with Crippen molar-refractivity contribution in [1.29, 1.82) is 0 Å². The molecule has 0 aromatic carbocycles. The van der Waals surface area contributed by atoms with Gasteiger partial charge in [0.15, 0.2) is 0 Å². The summed E-state index contributed by atoms with van der Waals surface area (Å²) < 4.78 is 0. The van der Waals surface area contributed by atoms with E-state index in [1.807, 2.05) is 11.4 Å². The molecule has 0 spiro atoms. The Kier molecular flexibility index (Phi) is 6.29. The van der Waals surface area contributed by atoms with Crippen LogP contribution in [0.3, 0.4) is 0 Å². The molecule has 0 saturated carbocycles. The van der Waals surface area contributed by atoms with Gasteiger partial charge in [0.2, 0.25) is 5.91 Å². The predicted octanol–water partition coefficient (Wildman–Crippen LogP) is 2.22. The Hall–Kier alpha value is -0.620. The average Bonchev–Trinajstić information content (AvgIpc) is 2.83. The summed E-state index contributed by atoms with van der Waals surface area (Å²) in [7, 11) is 0. The first kappa shape index (κ1) is 15.8. The van der Waals surface area contributed by atoms with E-state index in [9.17, 15) is 4.79 Å². The molecular formula is C14H22ClN3OS. The van der Waals surface area contributed by atoms with Crippen LogP contribution in [0.4, 0.5) is 0 Å². The second kappa shape index (κ2) is 7.98. The zero-order valence-corrected chi connectivity index (χ0v) is 13.2. The Morgan fingerprint density at radius 1 is 1.55 bits per heavy atom. The number of nitrogens with two attached hydrogens (primary N) is 1. The van der Waals surface area contributed by atoms with E-state index in [0.717, 1.165) is 31.1 Å². The molecule has 0 bridgehead atoms. The van der Waals surface area contributed by atoms with Crippen LogP contribution in [0.15, 0.2) is 11.4 Å². The fourth-order valence-electron chi connectivity index (χ4n) is 2.59. The first-order valence-electron chi connectivity index (χ1n) is 7.13. The molecule has 112 valence electrons. The number of carbonyl (C=O) groups is 1. The first-order chi connectivity index (χ1) is 9.69. The molecule has 1 aliphatic rings. The maximum atomic E-state index is 11.5. The lowest BCUT2D eigenvalue weighted by molar-refractivity contribution is -0.121. The molecule has 1 aromatic rings. The summed E-state index contributed by atoms with van der Waals surface area (Å²) in [4.78, 5) is 15.3. The van der Waals surface area contributed by atoms with Crippen LogP contribution in [-0.4, -0.2) is 36.5 Å². The minimum atomic E-state index is 0.0530. The van der Waals surface area contributed by atoms with Gasteiger partial charge in [0.05, 0.1) is 5.02 Å². The van der Waals surface area contributed by atoms with E-state index in [-0.39, 0.29) is 5.91 Å². The Morgan fingerprint density at radius 3 is 3.10 bits per heavy atom. The van der Waals surface area contributed by atoms with Gasteiger partial charge in [0.25, 0.3) is 0 Å². The van der Waals surface area contributed by atoms with Crippen molar-refractivity contribution in [3.63, 3.8) is 0 Å². The Balaban J connectivity index is 1.86. The molecule has 0 aliphatic carbocycles. The molecule has 1 fully saturated rings. The van der Waals surface area contributed by atoms with Crippen molar-refractivity contribution in [3.8, 4) is 0 Å². The molecule has 1 aromatic heterocycles. The molecule has 2 rings (SSSR count). The summed E-state index contributed by atoms with van der Waals surface area (Å²) >= 11 is 7.68. The topological polar surface area (TPSA) is 58.4 Å².